The Balaban J connectivity index is 0.884. The van der Waals surface area contributed by atoms with E-state index in [1.807, 2.05) is 91.9 Å². The summed E-state index contributed by atoms with van der Waals surface area (Å²) in [6.07, 6.45) is -0.238. The number of benzene rings is 5. The van der Waals surface area contributed by atoms with Crippen LogP contribution in [0.15, 0.2) is 151 Å². The lowest BCUT2D eigenvalue weighted by molar-refractivity contribution is -0.162. The number of rotatable bonds is 30. The van der Waals surface area contributed by atoms with Gasteiger partial charge in [0.1, 0.15) is 88.8 Å². The van der Waals surface area contributed by atoms with Crippen LogP contribution in [0.5, 0.6) is 11.5 Å². The fraction of sp³-hybridized carbons (Fsp3) is 0.478. The minimum atomic E-state index is -1.96. The Hall–Kier alpha value is -10.4. The number of alkyl carbamates (subject to hydrolysis) is 1. The van der Waals surface area contributed by atoms with E-state index < -0.39 is 184 Å². The van der Waals surface area contributed by atoms with Crippen LogP contribution in [0.2, 0.25) is 5.02 Å². The van der Waals surface area contributed by atoms with E-state index >= 15 is 24.0 Å². The van der Waals surface area contributed by atoms with Crippen molar-refractivity contribution < 1.29 is 96.5 Å². The van der Waals surface area contributed by atoms with Crippen LogP contribution in [0.1, 0.15) is 115 Å². The molecule has 1 aromatic heterocycles. The van der Waals surface area contributed by atoms with Gasteiger partial charge in [-0.15, -0.1) is 0 Å². The normalized spacial score (nSPS) is 25.6. The number of phenolic OH excluding ortho intramolecular Hbond substituents is 1. The number of phenols is 1. The van der Waals surface area contributed by atoms with Crippen molar-refractivity contribution in [2.45, 2.75) is 220 Å². The number of epoxide rings is 1. The summed E-state index contributed by atoms with van der Waals surface area (Å²) in [6, 6.07) is 21.8. The predicted octanol–water partition coefficient (Wildman–Crippen LogP) is 5.92. The number of carbonyl (C=O) groups excluding carboxylic acids is 12. The molecule has 3 fully saturated rings. The number of hydrogen-bond acceptors (Lipinski definition) is 26. The van der Waals surface area contributed by atoms with Crippen molar-refractivity contribution in [2.24, 2.45) is 17.4 Å². The number of esters is 1. The summed E-state index contributed by atoms with van der Waals surface area (Å²) in [4.78, 5) is 182. The summed E-state index contributed by atoms with van der Waals surface area (Å²) in [7, 11) is 9.83. The molecule has 131 heavy (non-hydrogen) atoms. The van der Waals surface area contributed by atoms with E-state index in [-0.39, 0.29) is 97.5 Å². The number of nitrogens with zero attached hydrogens (tertiary/aromatic N) is 2. The Labute approximate surface area is 782 Å². The number of nitrogens with two attached hydrogens (primary N) is 2. The second kappa shape index (κ2) is 47.3. The van der Waals surface area contributed by atoms with Crippen molar-refractivity contribution in [3.05, 3.63) is 184 Å². The third kappa shape index (κ3) is 27.9. The standard InChI is InChI=1S/C92H119ClN14O20S4/c1-51-23-22-31-72(124-11)92(122)46-71(125-89(121)105-92)52(2)79-91(7,127-79)73(45-75(111)107(9)69-42-58(39-51)43-70(123-10)76(69)93)126-88(120)53(3)106(8)74(110)36-38-128-131-90(5,6)78(80(95)112)104-86(118)68-50-130-129-49-67(101-82(114)64(40-55-24-14-12-15-25-55)96-47-57-26-16-13-17-27-57)85(117)99-65(41-56-32-34-60(109)35-33-56)83(115)100-66(44-59-48-97-62-29-19-18-28-61(59)62)84(116)98-63(30-20-21-37-94)81(113)103-77(54(4)108)87(119)102-68/h12-19,22-29,31-35,42-43,48,52-54,63-68,71-73,77-79,96-97,108-109,122H,20-21,30,36-41,44-47,49-50,94H2,1-11H3,(H2,95,112)(H,98,116)(H,99,117)(H,100,115)(H,101,114)(H,102,119)(H,103,113)(H,104,118)(H,105,121)/b31-22+,51-23+/t52-,53+,54-,63+,64-,65+,66-,67+,68+,71+,72-,73+,77+,78-,79+,91+,92+/m1/s1. The van der Waals surface area contributed by atoms with E-state index in [9.17, 15) is 48.9 Å². The molecule has 3 saturated heterocycles. The molecule has 17 atom stereocenters. The molecule has 4 aliphatic heterocycles. The van der Waals surface area contributed by atoms with Gasteiger partial charge in [0.25, 0.3) is 0 Å². The summed E-state index contributed by atoms with van der Waals surface area (Å²) < 4.78 is 28.5. The second-order valence-corrected chi connectivity index (χ2v) is 39.9. The molecule has 0 aliphatic carbocycles. The Morgan fingerprint density at radius 3 is 2.14 bits per heavy atom. The van der Waals surface area contributed by atoms with E-state index in [4.69, 9.17) is 46.8 Å². The number of para-hydroxylation sites is 1. The average molecular weight is 1900 g/mol. The molecular formula is C92H119ClN14O20S4. The van der Waals surface area contributed by atoms with Crippen molar-refractivity contribution in [3.8, 4) is 11.5 Å². The molecule has 39 heteroatoms. The number of carbonyl (C=O) groups is 12. The first kappa shape index (κ1) is 103. The lowest BCUT2D eigenvalue weighted by atomic mass is 9.83. The number of H-pyrrole nitrogens is 1. The molecule has 34 nitrogen and oxygen atoms in total. The Morgan fingerprint density at radius 2 is 1.47 bits per heavy atom. The smallest absolute Gasteiger partial charge is 0.409 e. The number of aromatic amines is 1. The fourth-order valence-electron chi connectivity index (χ4n) is 15.7. The number of likely N-dealkylation sites (N-methyl/N-ethyl adjacent to an activating group) is 1. The molecular weight excluding hydrogens is 1780 g/mol. The summed E-state index contributed by atoms with van der Waals surface area (Å²) in [5.74, 6) is -10.4. The Bertz CT molecular complexity index is 5100. The van der Waals surface area contributed by atoms with Crippen molar-refractivity contribution >= 4 is 143 Å². The second-order valence-electron chi connectivity index (χ2n) is 33.9. The van der Waals surface area contributed by atoms with Gasteiger partial charge in [-0.05, 0) is 138 Å². The Morgan fingerprint density at radius 1 is 0.817 bits per heavy atom. The average Bonchev–Trinajstić information content (AvgIpc) is 1.57. The number of primary amides is 1. The maximum absolute atomic E-state index is 15.4. The van der Waals surface area contributed by atoms with Crippen LogP contribution in [0.25, 0.3) is 10.9 Å². The highest BCUT2D eigenvalue weighted by Gasteiger charge is 2.65. The number of fused-ring (bicyclic) bond motifs is 6. The lowest BCUT2D eigenvalue weighted by Gasteiger charge is -2.42. The predicted molar refractivity (Wildman–Crippen MR) is 503 cm³/mol. The van der Waals surface area contributed by atoms with Gasteiger partial charge in [-0.3, -0.25) is 53.3 Å². The molecule has 17 N–H and O–H groups in total. The number of unbranched alkanes of at least 4 members (excludes halogenated alkanes) is 1. The highest BCUT2D eigenvalue weighted by Crippen LogP contribution is 2.50. The van der Waals surface area contributed by atoms with E-state index in [0.717, 1.165) is 59.9 Å². The summed E-state index contributed by atoms with van der Waals surface area (Å²) in [6.45, 7) is 11.5. The first-order valence-electron chi connectivity index (χ1n) is 43.2. The van der Waals surface area contributed by atoms with Gasteiger partial charge < -0.3 is 108 Å². The van der Waals surface area contributed by atoms with Gasteiger partial charge in [0.15, 0.2) is 5.72 Å². The third-order valence-corrected chi connectivity index (χ3v) is 29.8. The number of amides is 11. The third-order valence-electron chi connectivity index (χ3n) is 23.7. The lowest BCUT2D eigenvalue weighted by Crippen LogP contribution is -2.63. The molecule has 0 saturated carbocycles. The van der Waals surface area contributed by atoms with Gasteiger partial charge in [-0.25, -0.2) is 9.59 Å². The fourth-order valence-corrected chi connectivity index (χ4v) is 21.0. The molecule has 10 rings (SSSR count). The van der Waals surface area contributed by atoms with Crippen molar-refractivity contribution in [1.29, 1.82) is 0 Å². The van der Waals surface area contributed by atoms with Gasteiger partial charge in [-0.1, -0.05) is 176 Å². The Kier molecular flexibility index (Phi) is 37.1. The zero-order valence-corrected chi connectivity index (χ0v) is 79.0. The van der Waals surface area contributed by atoms with Crippen LogP contribution >= 0.6 is 54.8 Å². The minimum Gasteiger partial charge on any atom is -0.508 e. The molecule has 4 bridgehead atoms. The largest absolute Gasteiger partial charge is 0.508 e. The number of ether oxygens (including phenoxy) is 5. The number of allylic oxidation sites excluding steroid dienone is 3. The quantitative estimate of drug-likeness (QED) is 0.0108. The van der Waals surface area contributed by atoms with Gasteiger partial charge in [-0.2, -0.15) is 0 Å². The van der Waals surface area contributed by atoms with Crippen LogP contribution < -0.4 is 69.0 Å². The maximum atomic E-state index is 15.4. The summed E-state index contributed by atoms with van der Waals surface area (Å²) in [5, 5.41) is 59.9. The number of aliphatic hydroxyl groups is 2. The zero-order valence-electron chi connectivity index (χ0n) is 75.0. The molecule has 11 amide bonds. The number of aromatic hydroxyl groups is 1. The molecule has 5 heterocycles. The van der Waals surface area contributed by atoms with E-state index in [1.54, 1.807) is 76.4 Å². The van der Waals surface area contributed by atoms with Gasteiger partial charge in [0.05, 0.1) is 37.5 Å². The van der Waals surface area contributed by atoms with Crippen LogP contribution in [-0.2, 0) is 104 Å². The molecule has 4 aliphatic rings. The minimum absolute atomic E-state index is 0.0430. The number of aromatic nitrogens is 1. The maximum Gasteiger partial charge on any atom is 0.409 e. The van der Waals surface area contributed by atoms with Gasteiger partial charge in [0, 0.05) is 98.5 Å². The molecule has 708 valence electrons. The number of aliphatic hydroxyl groups excluding tert-OH is 1. The number of nitrogens with one attached hydrogen (secondary N) is 10. The van der Waals surface area contributed by atoms with Crippen molar-refractivity contribution in [2.75, 3.05) is 57.0 Å². The van der Waals surface area contributed by atoms with Crippen LogP contribution in [0, 0.1) is 5.92 Å². The SMILES string of the molecule is COc1cc2cc(c1Cl)N(C)C(=O)C[C@H](OC(=O)[C@H](C)N(C)C(=O)CCSSC(C)(C)[C@H](NC(=O)[C@@H]1CSSC[C@H](NC(=O)[C@@H](Cc3ccccc3)NCc3ccccc3)C(=O)N[C@@H](Cc3ccc(O)cc3)C(=O)N[C@H](Cc3c[nH]c4ccccc34)C(=O)N[C@@H](CCCCN)C(=O)N[C@@H]([C@@H](C)O)C(=O)N1)C(N)=O)[C@]1(C)O[C@H]1[C@H](C)[C@@H]1C[C@@](O)(NC(=O)O1)[C@H](OC)/C=C/C=C(\C)C2. The molecule has 6 aromatic rings. The highest BCUT2D eigenvalue weighted by atomic mass is 35.5. The molecule has 5 aromatic carbocycles. The number of methoxy groups -OCH3 is 2. The number of hydrogen-bond donors (Lipinski definition) is 15. The molecule has 0 spiro atoms. The monoisotopic (exact) mass is 1900 g/mol. The van der Waals surface area contributed by atoms with Crippen LogP contribution in [-0.4, -0.2) is 249 Å². The number of anilines is 1. The van der Waals surface area contributed by atoms with E-state index in [2.05, 4.69) is 52.8 Å². The summed E-state index contributed by atoms with van der Waals surface area (Å²) >= 11 is 6.92. The van der Waals surface area contributed by atoms with Gasteiger partial charge >= 0.3 is 12.1 Å². The van der Waals surface area contributed by atoms with Crippen molar-refractivity contribution in [3.63, 3.8) is 0 Å². The van der Waals surface area contributed by atoms with E-state index in [0.29, 0.717) is 40.4 Å². The topological polar surface area (TPSA) is 498 Å². The summed E-state index contributed by atoms with van der Waals surface area (Å²) in [5.41, 5.74) is 13.9. The zero-order chi connectivity index (χ0) is 95.2. The van der Waals surface area contributed by atoms with Crippen LogP contribution in [0.3, 0.4) is 0 Å². The first-order chi connectivity index (χ1) is 62.3. The highest BCUT2D eigenvalue weighted by molar-refractivity contribution is 8.77. The van der Waals surface area contributed by atoms with E-state index in [1.165, 1.54) is 64.1 Å². The van der Waals surface area contributed by atoms with Crippen LogP contribution in [0.4, 0.5) is 10.5 Å². The van der Waals surface area contributed by atoms with Gasteiger partial charge in [0.2, 0.25) is 59.1 Å². The molecule has 0 radical (unpaired) electrons. The molecule has 0 unspecified atom stereocenters. The number of halogens is 1. The first-order valence-corrected chi connectivity index (χ1v) is 48.4. The van der Waals surface area contributed by atoms with Crippen molar-refractivity contribution in [1.82, 2.24) is 57.7 Å².